The molecule has 0 saturated carbocycles. The molecule has 162 valence electrons. The van der Waals surface area contributed by atoms with Crippen LogP contribution in [0.3, 0.4) is 0 Å². The molecule has 1 amide bonds. The van der Waals surface area contributed by atoms with Crippen LogP contribution in [0.2, 0.25) is 0 Å². The van der Waals surface area contributed by atoms with E-state index in [9.17, 15) is 18.0 Å². The first-order valence-electron chi connectivity index (χ1n) is 9.68. The maximum absolute atomic E-state index is 12.7. The number of nitrogens with one attached hydrogen (secondary N) is 1. The Morgan fingerprint density at radius 2 is 1.71 bits per heavy atom. The molecule has 2 aromatic carbocycles. The highest BCUT2D eigenvalue weighted by molar-refractivity contribution is 5.95. The van der Waals surface area contributed by atoms with Crippen molar-refractivity contribution in [2.75, 3.05) is 0 Å². The zero-order chi connectivity index (χ0) is 22.6. The van der Waals surface area contributed by atoms with Gasteiger partial charge in [0.1, 0.15) is 5.75 Å². The minimum absolute atomic E-state index is 0.0825. The van der Waals surface area contributed by atoms with Crippen LogP contribution in [0.4, 0.5) is 13.2 Å². The number of aromatic nitrogens is 2. The summed E-state index contributed by atoms with van der Waals surface area (Å²) in [4.78, 5) is 20.9. The summed E-state index contributed by atoms with van der Waals surface area (Å²) in [6.07, 6.45) is -2.94. The van der Waals surface area contributed by atoms with Crippen molar-refractivity contribution in [1.82, 2.24) is 15.3 Å². The third kappa shape index (κ3) is 5.81. The molecule has 0 aliphatic carbocycles. The molecule has 3 rings (SSSR count). The number of nitrogens with zero attached hydrogens (tertiary/aromatic N) is 2. The van der Waals surface area contributed by atoms with E-state index < -0.39 is 11.7 Å². The van der Waals surface area contributed by atoms with Crippen molar-refractivity contribution in [2.24, 2.45) is 0 Å². The molecule has 0 unspecified atom stereocenters. The SMILES string of the molecule is Cc1nc(-c2ccc(C(F)(F)F)cc2)ncc1C(=O)NCc1ccc(OC(C)C)cc1. The second-order valence-corrected chi connectivity index (χ2v) is 7.26. The van der Waals surface area contributed by atoms with Gasteiger partial charge in [0.2, 0.25) is 0 Å². The first-order chi connectivity index (χ1) is 14.6. The van der Waals surface area contributed by atoms with Crippen LogP contribution in [0, 0.1) is 6.92 Å². The lowest BCUT2D eigenvalue weighted by molar-refractivity contribution is -0.137. The van der Waals surface area contributed by atoms with Crippen LogP contribution in [-0.2, 0) is 12.7 Å². The van der Waals surface area contributed by atoms with Gasteiger partial charge in [0.25, 0.3) is 5.91 Å². The van der Waals surface area contributed by atoms with Crippen molar-refractivity contribution in [3.05, 3.63) is 77.1 Å². The summed E-state index contributed by atoms with van der Waals surface area (Å²) in [5, 5.41) is 2.81. The predicted molar refractivity (Wildman–Crippen MR) is 111 cm³/mol. The zero-order valence-electron chi connectivity index (χ0n) is 17.3. The summed E-state index contributed by atoms with van der Waals surface area (Å²) in [5.74, 6) is 0.677. The molecule has 5 nitrogen and oxygen atoms in total. The van der Waals surface area contributed by atoms with Crippen molar-refractivity contribution in [3.63, 3.8) is 0 Å². The Bertz CT molecular complexity index is 1050. The Morgan fingerprint density at radius 1 is 1.06 bits per heavy atom. The average Bonchev–Trinajstić information content (AvgIpc) is 2.72. The van der Waals surface area contributed by atoms with Crippen LogP contribution >= 0.6 is 0 Å². The minimum atomic E-state index is -4.40. The van der Waals surface area contributed by atoms with Gasteiger partial charge in [0.15, 0.2) is 5.82 Å². The van der Waals surface area contributed by atoms with Gasteiger partial charge in [-0.1, -0.05) is 24.3 Å². The van der Waals surface area contributed by atoms with Crippen LogP contribution < -0.4 is 10.1 Å². The van der Waals surface area contributed by atoms with Crippen molar-refractivity contribution in [2.45, 2.75) is 39.6 Å². The third-order valence-corrected chi connectivity index (χ3v) is 4.44. The van der Waals surface area contributed by atoms with Gasteiger partial charge in [-0.3, -0.25) is 4.79 Å². The van der Waals surface area contributed by atoms with E-state index in [4.69, 9.17) is 4.74 Å². The van der Waals surface area contributed by atoms with E-state index in [1.807, 2.05) is 38.1 Å². The summed E-state index contributed by atoms with van der Waals surface area (Å²) in [7, 11) is 0. The largest absolute Gasteiger partial charge is 0.491 e. The normalized spacial score (nSPS) is 11.5. The predicted octanol–water partition coefficient (Wildman–Crippen LogP) is 5.19. The molecule has 1 aromatic heterocycles. The Labute approximate surface area is 178 Å². The quantitative estimate of drug-likeness (QED) is 0.586. The van der Waals surface area contributed by atoms with Crippen LogP contribution in [-0.4, -0.2) is 22.0 Å². The number of hydrogen-bond donors (Lipinski definition) is 1. The summed E-state index contributed by atoms with van der Waals surface area (Å²) >= 11 is 0. The summed E-state index contributed by atoms with van der Waals surface area (Å²) < 4.78 is 43.7. The van der Waals surface area contributed by atoms with Gasteiger partial charge in [-0.15, -0.1) is 0 Å². The first kappa shape index (κ1) is 22.3. The van der Waals surface area contributed by atoms with E-state index in [1.165, 1.54) is 18.3 Å². The molecular formula is C23H22F3N3O2. The average molecular weight is 429 g/mol. The number of carbonyl (C=O) groups excluding carboxylic acids is 1. The smallest absolute Gasteiger partial charge is 0.416 e. The molecule has 31 heavy (non-hydrogen) atoms. The third-order valence-electron chi connectivity index (χ3n) is 4.44. The standard InChI is InChI=1S/C23H22F3N3O2/c1-14(2)31-19-10-4-16(5-11-19)12-28-22(30)20-13-27-21(29-15(20)3)17-6-8-18(9-7-17)23(24,25)26/h4-11,13-14H,12H2,1-3H3,(H,28,30). The highest BCUT2D eigenvalue weighted by atomic mass is 19.4. The maximum atomic E-state index is 12.7. The molecule has 0 aliphatic heterocycles. The van der Waals surface area contributed by atoms with Crippen molar-refractivity contribution >= 4 is 5.91 Å². The van der Waals surface area contributed by atoms with Crippen molar-refractivity contribution in [1.29, 1.82) is 0 Å². The monoisotopic (exact) mass is 429 g/mol. The second-order valence-electron chi connectivity index (χ2n) is 7.26. The zero-order valence-corrected chi connectivity index (χ0v) is 17.3. The minimum Gasteiger partial charge on any atom is -0.491 e. The van der Waals surface area contributed by atoms with Crippen LogP contribution in [0.5, 0.6) is 5.75 Å². The number of hydrogen-bond acceptors (Lipinski definition) is 4. The van der Waals surface area contributed by atoms with Gasteiger partial charge in [0, 0.05) is 18.3 Å². The molecule has 1 N–H and O–H groups in total. The van der Waals surface area contributed by atoms with E-state index in [1.54, 1.807) is 6.92 Å². The van der Waals surface area contributed by atoms with Crippen molar-refractivity contribution in [3.8, 4) is 17.1 Å². The van der Waals surface area contributed by atoms with E-state index >= 15 is 0 Å². The molecule has 0 atom stereocenters. The Morgan fingerprint density at radius 3 is 2.26 bits per heavy atom. The fraction of sp³-hybridized carbons (Fsp3) is 0.261. The summed E-state index contributed by atoms with van der Waals surface area (Å²) in [6.45, 7) is 5.87. The van der Waals surface area contributed by atoms with E-state index in [0.29, 0.717) is 23.4 Å². The van der Waals surface area contributed by atoms with Gasteiger partial charge in [0.05, 0.1) is 22.9 Å². The number of halogens is 3. The number of amides is 1. The lowest BCUT2D eigenvalue weighted by Gasteiger charge is -2.11. The highest BCUT2D eigenvalue weighted by Crippen LogP contribution is 2.30. The topological polar surface area (TPSA) is 64.1 Å². The number of carbonyl (C=O) groups is 1. The number of ether oxygens (including phenoxy) is 1. The molecule has 0 aliphatic rings. The van der Waals surface area contributed by atoms with Crippen LogP contribution in [0.25, 0.3) is 11.4 Å². The van der Waals surface area contributed by atoms with Gasteiger partial charge < -0.3 is 10.1 Å². The lowest BCUT2D eigenvalue weighted by atomic mass is 10.1. The molecule has 0 saturated heterocycles. The van der Waals surface area contributed by atoms with Gasteiger partial charge >= 0.3 is 6.18 Å². The van der Waals surface area contributed by atoms with E-state index in [2.05, 4.69) is 15.3 Å². The van der Waals surface area contributed by atoms with Crippen LogP contribution in [0.1, 0.15) is 41.0 Å². The van der Waals surface area contributed by atoms with Gasteiger partial charge in [-0.25, -0.2) is 9.97 Å². The lowest BCUT2D eigenvalue weighted by Crippen LogP contribution is -2.24. The first-order valence-corrected chi connectivity index (χ1v) is 9.68. The van der Waals surface area contributed by atoms with Gasteiger partial charge in [-0.05, 0) is 50.6 Å². The number of alkyl halides is 3. The molecule has 0 spiro atoms. The molecule has 0 bridgehead atoms. The molecular weight excluding hydrogens is 407 g/mol. The number of benzene rings is 2. The Hall–Kier alpha value is -3.42. The fourth-order valence-corrected chi connectivity index (χ4v) is 2.87. The highest BCUT2D eigenvalue weighted by Gasteiger charge is 2.30. The van der Waals surface area contributed by atoms with Gasteiger partial charge in [-0.2, -0.15) is 13.2 Å². The second kappa shape index (κ2) is 9.16. The number of aryl methyl sites for hydroxylation is 1. The van der Waals surface area contributed by atoms with E-state index in [-0.39, 0.29) is 17.8 Å². The fourth-order valence-electron chi connectivity index (χ4n) is 2.87. The summed E-state index contributed by atoms with van der Waals surface area (Å²) in [6, 6.07) is 12.0. The summed E-state index contributed by atoms with van der Waals surface area (Å²) in [5.41, 5.74) is 1.34. The molecule has 3 aromatic rings. The Balaban J connectivity index is 1.66. The van der Waals surface area contributed by atoms with Crippen LogP contribution in [0.15, 0.2) is 54.7 Å². The molecule has 0 radical (unpaired) electrons. The molecule has 0 fully saturated rings. The van der Waals surface area contributed by atoms with E-state index in [0.717, 1.165) is 23.4 Å². The Kier molecular flexibility index (Phi) is 6.58. The molecule has 1 heterocycles. The number of rotatable bonds is 6. The van der Waals surface area contributed by atoms with Crippen molar-refractivity contribution < 1.29 is 22.7 Å². The molecule has 8 heteroatoms. The maximum Gasteiger partial charge on any atom is 0.416 e.